The number of benzene rings is 1. The number of aromatic carboxylic acids is 1. The Balaban J connectivity index is 1.67. The predicted molar refractivity (Wildman–Crippen MR) is 103 cm³/mol. The van der Waals surface area contributed by atoms with Gasteiger partial charge in [-0.25, -0.2) is 4.79 Å². The van der Waals surface area contributed by atoms with Crippen molar-refractivity contribution in [3.63, 3.8) is 0 Å². The van der Waals surface area contributed by atoms with Gasteiger partial charge in [0.05, 0.1) is 11.3 Å². The van der Waals surface area contributed by atoms with Crippen molar-refractivity contribution in [1.82, 2.24) is 9.97 Å². The van der Waals surface area contributed by atoms with Gasteiger partial charge in [0.25, 0.3) is 0 Å². The monoisotopic (exact) mass is 348 g/mol. The van der Waals surface area contributed by atoms with E-state index in [-0.39, 0.29) is 5.41 Å². The third-order valence-corrected chi connectivity index (χ3v) is 5.14. The second kappa shape index (κ2) is 5.97. The number of fused-ring (bicyclic) bond motifs is 1. The number of hydrogen-bond acceptors (Lipinski definition) is 2. The number of nitrogens with zero attached hydrogens (tertiary/aromatic N) is 1. The van der Waals surface area contributed by atoms with E-state index < -0.39 is 5.97 Å². The second-order valence-corrected chi connectivity index (χ2v) is 8.37. The first kappa shape index (κ1) is 16.8. The molecule has 4 nitrogen and oxygen atoms in total. The SMILES string of the molecule is CC(C)(C)c1cc2cc(Cc3ncc(C4CC4)cc3C(=O)O)ccc2[nH]1. The van der Waals surface area contributed by atoms with Gasteiger partial charge in [-0.2, -0.15) is 0 Å². The van der Waals surface area contributed by atoms with Crippen molar-refractivity contribution >= 4 is 16.9 Å². The average molecular weight is 348 g/mol. The van der Waals surface area contributed by atoms with E-state index in [9.17, 15) is 9.90 Å². The minimum absolute atomic E-state index is 0.0653. The molecule has 1 aliphatic rings. The van der Waals surface area contributed by atoms with E-state index in [2.05, 4.69) is 48.9 Å². The zero-order valence-electron chi connectivity index (χ0n) is 15.5. The summed E-state index contributed by atoms with van der Waals surface area (Å²) in [6.07, 6.45) is 4.66. The molecule has 4 rings (SSSR count). The molecule has 0 radical (unpaired) electrons. The highest BCUT2D eigenvalue weighted by molar-refractivity contribution is 5.89. The van der Waals surface area contributed by atoms with Crippen LogP contribution in [-0.4, -0.2) is 21.0 Å². The molecule has 134 valence electrons. The predicted octanol–water partition coefficient (Wildman–Crippen LogP) is 5.03. The molecule has 3 aromatic rings. The molecule has 1 aliphatic carbocycles. The number of hydrogen-bond donors (Lipinski definition) is 2. The van der Waals surface area contributed by atoms with Crippen LogP contribution in [0.5, 0.6) is 0 Å². The van der Waals surface area contributed by atoms with Gasteiger partial charge in [0, 0.05) is 29.2 Å². The molecule has 0 unspecified atom stereocenters. The van der Waals surface area contributed by atoms with Crippen molar-refractivity contribution < 1.29 is 9.90 Å². The largest absolute Gasteiger partial charge is 0.478 e. The molecule has 2 aromatic heterocycles. The first-order valence-corrected chi connectivity index (χ1v) is 9.15. The van der Waals surface area contributed by atoms with Crippen LogP contribution in [0.15, 0.2) is 36.5 Å². The lowest BCUT2D eigenvalue weighted by Gasteiger charge is -2.15. The molecule has 26 heavy (non-hydrogen) atoms. The molecule has 2 heterocycles. The standard InChI is InChI=1S/C22H24N2O2/c1-22(2,3)20-11-15-8-13(4-7-18(15)24-20)9-19-17(21(25)26)10-16(12-23-19)14-5-6-14/h4,7-8,10-12,14,24H,5-6,9H2,1-3H3,(H,25,26). The topological polar surface area (TPSA) is 66.0 Å². The Hall–Kier alpha value is -2.62. The third-order valence-electron chi connectivity index (χ3n) is 5.14. The van der Waals surface area contributed by atoms with E-state index in [1.54, 1.807) is 0 Å². The van der Waals surface area contributed by atoms with Crippen LogP contribution in [0.4, 0.5) is 0 Å². The van der Waals surface area contributed by atoms with E-state index in [4.69, 9.17) is 0 Å². The summed E-state index contributed by atoms with van der Waals surface area (Å²) in [5.74, 6) is -0.394. The fraction of sp³-hybridized carbons (Fsp3) is 0.364. The van der Waals surface area contributed by atoms with Gasteiger partial charge in [-0.3, -0.25) is 4.98 Å². The van der Waals surface area contributed by atoms with Crippen LogP contribution >= 0.6 is 0 Å². The Kier molecular flexibility index (Phi) is 3.87. The highest BCUT2D eigenvalue weighted by Gasteiger charge is 2.26. The lowest BCUT2D eigenvalue weighted by atomic mass is 9.92. The van der Waals surface area contributed by atoms with Crippen molar-refractivity contribution in [1.29, 1.82) is 0 Å². The first-order chi connectivity index (χ1) is 12.3. The van der Waals surface area contributed by atoms with Crippen molar-refractivity contribution in [3.05, 3.63) is 64.6 Å². The maximum Gasteiger partial charge on any atom is 0.337 e. The normalized spacial score (nSPS) is 14.7. The number of pyridine rings is 1. The summed E-state index contributed by atoms with van der Waals surface area (Å²) in [7, 11) is 0. The van der Waals surface area contributed by atoms with Gasteiger partial charge in [-0.15, -0.1) is 0 Å². The Morgan fingerprint density at radius 2 is 2.00 bits per heavy atom. The summed E-state index contributed by atoms with van der Waals surface area (Å²) in [6, 6.07) is 10.2. The van der Waals surface area contributed by atoms with Crippen LogP contribution in [-0.2, 0) is 11.8 Å². The number of H-pyrrole nitrogens is 1. The molecule has 1 saturated carbocycles. The number of aromatic nitrogens is 2. The summed E-state index contributed by atoms with van der Waals surface area (Å²) < 4.78 is 0. The minimum Gasteiger partial charge on any atom is -0.478 e. The van der Waals surface area contributed by atoms with Crippen molar-refractivity contribution in [2.45, 2.75) is 51.4 Å². The second-order valence-electron chi connectivity index (χ2n) is 8.37. The van der Waals surface area contributed by atoms with Gasteiger partial charge in [0.2, 0.25) is 0 Å². The van der Waals surface area contributed by atoms with E-state index in [1.807, 2.05) is 18.3 Å². The summed E-state index contributed by atoms with van der Waals surface area (Å²) in [5.41, 5.74) is 5.47. The van der Waals surface area contributed by atoms with Crippen molar-refractivity contribution in [2.24, 2.45) is 0 Å². The molecule has 0 saturated heterocycles. The zero-order chi connectivity index (χ0) is 18.5. The van der Waals surface area contributed by atoms with E-state index in [0.717, 1.165) is 34.9 Å². The molecule has 1 fully saturated rings. The van der Waals surface area contributed by atoms with Gasteiger partial charge in [-0.05, 0) is 59.5 Å². The number of nitrogens with one attached hydrogen (secondary N) is 1. The van der Waals surface area contributed by atoms with E-state index in [1.165, 1.54) is 5.69 Å². The van der Waals surface area contributed by atoms with Crippen molar-refractivity contribution in [3.8, 4) is 0 Å². The third kappa shape index (κ3) is 3.24. The number of carboxylic acid groups (broad SMARTS) is 1. The van der Waals surface area contributed by atoms with Gasteiger partial charge < -0.3 is 10.1 Å². The minimum atomic E-state index is -0.896. The molecule has 0 spiro atoms. The van der Waals surface area contributed by atoms with E-state index >= 15 is 0 Å². The molecule has 4 heteroatoms. The fourth-order valence-corrected chi connectivity index (χ4v) is 3.36. The van der Waals surface area contributed by atoms with Gasteiger partial charge in [-0.1, -0.05) is 26.8 Å². The summed E-state index contributed by atoms with van der Waals surface area (Å²) in [5, 5.41) is 10.7. The maximum absolute atomic E-state index is 11.7. The van der Waals surface area contributed by atoms with Gasteiger partial charge >= 0.3 is 5.97 Å². The smallest absolute Gasteiger partial charge is 0.337 e. The first-order valence-electron chi connectivity index (χ1n) is 9.15. The molecule has 0 amide bonds. The molecule has 0 aliphatic heterocycles. The molecular formula is C22H24N2O2. The van der Waals surface area contributed by atoms with Crippen LogP contribution < -0.4 is 0 Å². The zero-order valence-corrected chi connectivity index (χ0v) is 15.5. The lowest BCUT2D eigenvalue weighted by Crippen LogP contribution is -2.10. The van der Waals surface area contributed by atoms with Crippen LogP contribution in [0.1, 0.15) is 72.4 Å². The lowest BCUT2D eigenvalue weighted by molar-refractivity contribution is 0.0695. The van der Waals surface area contributed by atoms with Crippen LogP contribution in [0.3, 0.4) is 0 Å². The Bertz CT molecular complexity index is 991. The number of carboxylic acids is 1. The highest BCUT2D eigenvalue weighted by Crippen LogP contribution is 2.40. The van der Waals surface area contributed by atoms with E-state index in [0.29, 0.717) is 23.6 Å². The number of rotatable bonds is 4. The maximum atomic E-state index is 11.7. The molecule has 0 atom stereocenters. The quantitative estimate of drug-likeness (QED) is 0.695. The van der Waals surface area contributed by atoms with Gasteiger partial charge in [0.15, 0.2) is 0 Å². The Labute approximate surface area is 153 Å². The molecule has 2 N–H and O–H groups in total. The average Bonchev–Trinajstić information content (AvgIpc) is 3.32. The van der Waals surface area contributed by atoms with Crippen LogP contribution in [0.2, 0.25) is 0 Å². The van der Waals surface area contributed by atoms with Gasteiger partial charge in [0.1, 0.15) is 0 Å². The highest BCUT2D eigenvalue weighted by atomic mass is 16.4. The fourth-order valence-electron chi connectivity index (χ4n) is 3.36. The summed E-state index contributed by atoms with van der Waals surface area (Å²) in [4.78, 5) is 19.7. The van der Waals surface area contributed by atoms with Crippen LogP contribution in [0, 0.1) is 0 Å². The number of aromatic amines is 1. The van der Waals surface area contributed by atoms with Crippen molar-refractivity contribution in [2.75, 3.05) is 0 Å². The molecule has 1 aromatic carbocycles. The van der Waals surface area contributed by atoms with Crippen LogP contribution in [0.25, 0.3) is 10.9 Å². The Morgan fingerprint density at radius 1 is 1.23 bits per heavy atom. The molecule has 0 bridgehead atoms. The molecular weight excluding hydrogens is 324 g/mol. The number of carbonyl (C=O) groups is 1. The summed E-state index contributed by atoms with van der Waals surface area (Å²) in [6.45, 7) is 6.55. The Morgan fingerprint density at radius 3 is 2.65 bits per heavy atom. The summed E-state index contributed by atoms with van der Waals surface area (Å²) >= 11 is 0.